The smallest absolute Gasteiger partial charge is 0.261 e. The molecule has 4 amide bonds. The van der Waals surface area contributed by atoms with E-state index in [4.69, 9.17) is 9.84 Å². The van der Waals surface area contributed by atoms with Gasteiger partial charge in [0.05, 0.1) is 31.0 Å². The topological polar surface area (TPSA) is 113 Å². The van der Waals surface area contributed by atoms with Gasteiger partial charge in [-0.3, -0.25) is 29.0 Å². The minimum absolute atomic E-state index is 0.0275. The van der Waals surface area contributed by atoms with Crippen LogP contribution in [0.2, 0.25) is 0 Å². The largest absolute Gasteiger partial charge is 0.394 e. The molecule has 268 valence electrons. The van der Waals surface area contributed by atoms with Crippen molar-refractivity contribution < 1.29 is 33.8 Å². The molecule has 9 heteroatoms. The van der Waals surface area contributed by atoms with Gasteiger partial charge in [-0.15, -0.1) is 0 Å². The number of fused-ring (bicyclic) bond motifs is 2. The summed E-state index contributed by atoms with van der Waals surface area (Å²) in [5.74, 6) is -0.727. The lowest BCUT2D eigenvalue weighted by Crippen LogP contribution is -2.56. The van der Waals surface area contributed by atoms with Crippen molar-refractivity contribution in [1.82, 2.24) is 9.80 Å². The van der Waals surface area contributed by atoms with Gasteiger partial charge in [0.2, 0.25) is 0 Å². The minimum atomic E-state index is -0.766. The van der Waals surface area contributed by atoms with Gasteiger partial charge in [-0.2, -0.15) is 0 Å². The molecular weight excluding hydrogens is 644 g/mol. The van der Waals surface area contributed by atoms with E-state index in [1.807, 2.05) is 83.1 Å². The van der Waals surface area contributed by atoms with E-state index < -0.39 is 11.6 Å². The fourth-order valence-electron chi connectivity index (χ4n) is 7.94. The lowest BCUT2D eigenvalue weighted by molar-refractivity contribution is -0.102. The average molecular weight is 693 g/mol. The molecule has 5 aromatic rings. The first kappa shape index (κ1) is 36.4. The molecule has 9 nitrogen and oxygen atoms in total. The summed E-state index contributed by atoms with van der Waals surface area (Å²) in [5, 5.41) is 14.5. The first-order valence-corrected chi connectivity index (χ1v) is 18.0. The van der Waals surface area contributed by atoms with Crippen LogP contribution >= 0.6 is 0 Å². The van der Waals surface area contributed by atoms with Crippen LogP contribution in [0.4, 0.5) is 0 Å². The number of aliphatic hydroxyl groups is 1. The highest BCUT2D eigenvalue weighted by Gasteiger charge is 2.43. The van der Waals surface area contributed by atoms with Crippen LogP contribution in [0.1, 0.15) is 109 Å². The molecular formula is C42H48N2O7. The number of hydrogen-bond donors (Lipinski definition) is 1. The van der Waals surface area contributed by atoms with Crippen molar-refractivity contribution >= 4 is 66.7 Å². The maximum Gasteiger partial charge on any atom is 0.261 e. The van der Waals surface area contributed by atoms with Crippen molar-refractivity contribution in [2.75, 3.05) is 26.9 Å². The summed E-state index contributed by atoms with van der Waals surface area (Å²) in [4.78, 5) is 58.3. The number of ether oxygens (including phenoxy) is 2. The highest BCUT2D eigenvalue weighted by molar-refractivity contribution is 6.41. The van der Waals surface area contributed by atoms with E-state index in [2.05, 4.69) is 18.6 Å². The molecule has 0 fully saturated rings. The molecule has 0 saturated heterocycles. The van der Waals surface area contributed by atoms with Crippen molar-refractivity contribution in [2.24, 2.45) is 5.92 Å². The Morgan fingerprint density at radius 3 is 1.47 bits per heavy atom. The molecule has 0 aromatic heterocycles. The second-order valence-electron chi connectivity index (χ2n) is 14.8. The minimum Gasteiger partial charge on any atom is -0.394 e. The molecule has 0 radical (unpaired) electrons. The van der Waals surface area contributed by atoms with E-state index in [1.165, 1.54) is 9.80 Å². The van der Waals surface area contributed by atoms with Crippen molar-refractivity contribution in [2.45, 2.75) is 85.5 Å². The van der Waals surface area contributed by atoms with Crippen molar-refractivity contribution in [3.8, 4) is 0 Å². The Kier molecular flexibility index (Phi) is 9.94. The standard InChI is InChI=1S/C39H40N2O5.C3H8O2/c1-8-9-18-40-35(42)27-14-10-23-25-12-16-29-34-30(17-13-26(32(25)34)24-11-15-28(36(40)43)33(27)31(23)24)38(45)41(37(29)44)22(5)39(6,7)46-21(4)19-20(2)3;1-5-3-2-4/h10-17,20-22H,8-9,18-19H2,1-7H3;4H,2-3H2,1H3. The molecule has 0 aliphatic carbocycles. The Labute approximate surface area is 298 Å². The van der Waals surface area contributed by atoms with E-state index in [0.717, 1.165) is 51.6 Å². The first-order chi connectivity index (χ1) is 24.3. The summed E-state index contributed by atoms with van der Waals surface area (Å²) in [6.45, 7) is 15.1. The zero-order valence-electron chi connectivity index (χ0n) is 30.9. The number of methoxy groups -OCH3 is 1. The number of unbranched alkanes of at least 4 members (excludes halogenated alkanes) is 1. The summed E-state index contributed by atoms with van der Waals surface area (Å²) in [5.41, 5.74) is 1.27. The van der Waals surface area contributed by atoms with E-state index in [-0.39, 0.29) is 36.3 Å². The fourth-order valence-corrected chi connectivity index (χ4v) is 7.94. The maximum atomic E-state index is 14.2. The Morgan fingerprint density at radius 1 is 0.686 bits per heavy atom. The van der Waals surface area contributed by atoms with E-state index in [9.17, 15) is 19.2 Å². The van der Waals surface area contributed by atoms with Crippen LogP contribution in [0.3, 0.4) is 0 Å². The Bertz CT molecular complexity index is 2060. The van der Waals surface area contributed by atoms with Crippen molar-refractivity contribution in [1.29, 1.82) is 0 Å². The van der Waals surface area contributed by atoms with Gasteiger partial charge in [-0.1, -0.05) is 51.5 Å². The molecule has 2 aliphatic rings. The number of hydrogen-bond acceptors (Lipinski definition) is 7. The summed E-state index contributed by atoms with van der Waals surface area (Å²) < 4.78 is 10.9. The Morgan fingerprint density at radius 2 is 1.12 bits per heavy atom. The maximum absolute atomic E-state index is 14.2. The SMILES string of the molecule is CCCCN1C(=O)c2ccc3c4ccc5c6c(ccc(c7ccc(c2c37)C1=O)c64)C(=O)N(C(C)C(C)(C)OC(C)CC(C)C)C5=O.COCCO. The predicted molar refractivity (Wildman–Crippen MR) is 201 cm³/mol. The van der Waals surface area contributed by atoms with Crippen molar-refractivity contribution in [3.05, 3.63) is 70.8 Å². The number of rotatable bonds is 11. The molecule has 7 rings (SSSR count). The average Bonchev–Trinajstić information content (AvgIpc) is 3.08. The number of imide groups is 2. The van der Waals surface area contributed by atoms with Gasteiger partial charge in [0.25, 0.3) is 23.6 Å². The number of nitrogens with zero attached hydrogens (tertiary/aromatic N) is 2. The summed E-state index contributed by atoms with van der Waals surface area (Å²) >= 11 is 0. The molecule has 2 aliphatic heterocycles. The molecule has 2 atom stereocenters. The molecule has 2 heterocycles. The summed E-state index contributed by atoms with van der Waals surface area (Å²) in [6, 6.07) is 14.5. The van der Waals surface area contributed by atoms with Crippen LogP contribution in [0.25, 0.3) is 43.1 Å². The van der Waals surface area contributed by atoms with E-state index in [1.54, 1.807) is 7.11 Å². The highest BCUT2D eigenvalue weighted by atomic mass is 16.5. The number of carbonyl (C=O) groups is 4. The van der Waals surface area contributed by atoms with Gasteiger partial charge < -0.3 is 14.6 Å². The second kappa shape index (κ2) is 13.9. The Hall–Kier alpha value is -4.44. The predicted octanol–water partition coefficient (Wildman–Crippen LogP) is 7.97. The third-order valence-corrected chi connectivity index (χ3v) is 10.5. The third-order valence-electron chi connectivity index (χ3n) is 10.5. The van der Waals surface area contributed by atoms with Crippen LogP contribution in [0, 0.1) is 5.92 Å². The van der Waals surface area contributed by atoms with Crippen LogP contribution in [-0.4, -0.2) is 83.2 Å². The molecule has 0 saturated carbocycles. The van der Waals surface area contributed by atoms with Gasteiger partial charge in [0, 0.05) is 46.7 Å². The lowest BCUT2D eigenvalue weighted by atomic mass is 9.82. The Balaban J connectivity index is 0.000000839. The van der Waals surface area contributed by atoms with Crippen LogP contribution < -0.4 is 0 Å². The number of aliphatic hydroxyl groups excluding tert-OH is 1. The van der Waals surface area contributed by atoms with Gasteiger partial charge >= 0.3 is 0 Å². The molecule has 1 N–H and O–H groups in total. The van der Waals surface area contributed by atoms with E-state index in [0.29, 0.717) is 52.1 Å². The monoisotopic (exact) mass is 692 g/mol. The zero-order valence-corrected chi connectivity index (χ0v) is 30.9. The van der Waals surface area contributed by atoms with Crippen LogP contribution in [-0.2, 0) is 9.47 Å². The molecule has 51 heavy (non-hydrogen) atoms. The fraction of sp³-hybridized carbons (Fsp3) is 0.429. The van der Waals surface area contributed by atoms with Crippen LogP contribution in [0.15, 0.2) is 48.5 Å². The zero-order chi connectivity index (χ0) is 36.9. The van der Waals surface area contributed by atoms with Crippen LogP contribution in [0.5, 0.6) is 0 Å². The highest BCUT2D eigenvalue weighted by Crippen LogP contribution is 2.46. The number of amides is 4. The number of benzene rings is 5. The van der Waals surface area contributed by atoms with Crippen molar-refractivity contribution in [3.63, 3.8) is 0 Å². The summed E-state index contributed by atoms with van der Waals surface area (Å²) in [6.07, 6.45) is 2.48. The van der Waals surface area contributed by atoms with Gasteiger partial charge in [0.15, 0.2) is 0 Å². The van der Waals surface area contributed by atoms with Gasteiger partial charge in [-0.25, -0.2) is 0 Å². The molecule has 2 unspecified atom stereocenters. The number of carbonyl (C=O) groups excluding carboxylic acids is 4. The summed E-state index contributed by atoms with van der Waals surface area (Å²) in [7, 11) is 1.55. The molecule has 0 bridgehead atoms. The first-order valence-electron chi connectivity index (χ1n) is 18.0. The lowest BCUT2D eigenvalue weighted by Gasteiger charge is -2.42. The van der Waals surface area contributed by atoms with Gasteiger partial charge in [0.1, 0.15) is 0 Å². The third kappa shape index (κ3) is 5.95. The van der Waals surface area contributed by atoms with Gasteiger partial charge in [-0.05, 0) is 103 Å². The quantitative estimate of drug-likeness (QED) is 0.0849. The molecule has 5 aromatic carbocycles. The molecule has 0 spiro atoms. The second-order valence-corrected chi connectivity index (χ2v) is 14.8. The van der Waals surface area contributed by atoms with E-state index >= 15 is 0 Å². The normalized spacial score (nSPS) is 15.9.